The van der Waals surface area contributed by atoms with E-state index in [0.29, 0.717) is 6.61 Å². The first-order valence-corrected chi connectivity index (χ1v) is 5.49. The van der Waals surface area contributed by atoms with E-state index in [1.54, 1.807) is 0 Å². The van der Waals surface area contributed by atoms with Gasteiger partial charge < -0.3 is 21.1 Å². The van der Waals surface area contributed by atoms with Gasteiger partial charge in [0, 0.05) is 13.0 Å². The van der Waals surface area contributed by atoms with Crippen molar-refractivity contribution >= 4 is 19.5 Å². The molecule has 0 bridgehead atoms. The number of carbonyl (C=O) groups is 1. The Balaban J connectivity index is 3.75. The number of rotatable bonds is 6. The predicted molar refractivity (Wildman–Crippen MR) is 51.3 cm³/mol. The van der Waals surface area contributed by atoms with E-state index in [4.69, 9.17) is 16.2 Å². The van der Waals surface area contributed by atoms with E-state index >= 15 is 0 Å². The molecule has 0 aliphatic carbocycles. The molecule has 0 aliphatic rings. The summed E-state index contributed by atoms with van der Waals surface area (Å²) in [5, 5.41) is 0. The van der Waals surface area contributed by atoms with Crippen LogP contribution in [-0.4, -0.2) is 30.7 Å². The Kier molecular flexibility index (Phi) is 6.72. The quantitative estimate of drug-likeness (QED) is 0.529. The zero-order chi connectivity index (χ0) is 10.3. The van der Waals surface area contributed by atoms with Crippen LogP contribution in [0, 0.1) is 0 Å². The number of hydrogen-bond donors (Lipinski definition) is 2. The molecule has 0 saturated carbocycles. The molecule has 0 heterocycles. The second-order valence-electron chi connectivity index (χ2n) is 2.47. The van der Waals surface area contributed by atoms with Gasteiger partial charge in [-0.3, -0.25) is 4.79 Å². The highest BCUT2D eigenvalue weighted by atomic mass is 31.1. The van der Waals surface area contributed by atoms with Crippen molar-refractivity contribution in [1.82, 2.24) is 0 Å². The smallest absolute Gasteiger partial charge is 0.234 e. The van der Waals surface area contributed by atoms with Gasteiger partial charge in [-0.25, -0.2) is 0 Å². The summed E-state index contributed by atoms with van der Waals surface area (Å²) in [4.78, 5) is 21.6. The SMILES string of the molecule is CCOC[P+]([O-])=CCC(N)C(N)=O. The van der Waals surface area contributed by atoms with Gasteiger partial charge in [0.05, 0.1) is 19.6 Å². The molecule has 4 N–H and O–H groups in total. The molecule has 0 radical (unpaired) electrons. The van der Waals surface area contributed by atoms with Gasteiger partial charge >= 0.3 is 0 Å². The number of ether oxygens (including phenoxy) is 1. The lowest BCUT2D eigenvalue weighted by molar-refractivity contribution is -0.156. The van der Waals surface area contributed by atoms with Crippen molar-refractivity contribution in [2.75, 3.05) is 13.0 Å². The molecule has 0 saturated heterocycles. The first kappa shape index (κ1) is 12.5. The van der Waals surface area contributed by atoms with Gasteiger partial charge in [-0.2, -0.15) is 0 Å². The Morgan fingerprint density at radius 1 is 1.77 bits per heavy atom. The summed E-state index contributed by atoms with van der Waals surface area (Å²) in [5.41, 5.74) is 10.2. The van der Waals surface area contributed by atoms with Crippen molar-refractivity contribution in [2.24, 2.45) is 11.5 Å². The van der Waals surface area contributed by atoms with E-state index in [0.717, 1.165) is 0 Å². The zero-order valence-corrected chi connectivity index (χ0v) is 8.50. The molecular weight excluding hydrogens is 191 g/mol. The fourth-order valence-electron chi connectivity index (χ4n) is 0.581. The fourth-order valence-corrected chi connectivity index (χ4v) is 1.51. The Hall–Kier alpha value is -0.480. The minimum atomic E-state index is -1.53. The predicted octanol–water partition coefficient (Wildman–Crippen LogP) is -1.26. The number of hydrogen-bond acceptors (Lipinski definition) is 4. The van der Waals surface area contributed by atoms with Crippen molar-refractivity contribution < 1.29 is 14.4 Å². The third-order valence-corrected chi connectivity index (χ3v) is 2.41. The topological polar surface area (TPSA) is 101 Å². The van der Waals surface area contributed by atoms with Crippen LogP contribution in [0.3, 0.4) is 0 Å². The van der Waals surface area contributed by atoms with E-state index < -0.39 is 19.7 Å². The maximum Gasteiger partial charge on any atom is 0.234 e. The molecule has 5 nitrogen and oxygen atoms in total. The van der Waals surface area contributed by atoms with Crippen molar-refractivity contribution in [3.05, 3.63) is 0 Å². The first-order chi connectivity index (χ1) is 6.07. The second-order valence-corrected chi connectivity index (χ2v) is 3.92. The number of primary amides is 1. The molecule has 13 heavy (non-hydrogen) atoms. The van der Waals surface area contributed by atoms with E-state index in [-0.39, 0.29) is 12.8 Å². The highest BCUT2D eigenvalue weighted by molar-refractivity contribution is 7.49. The molecule has 1 amide bonds. The molecule has 0 aromatic carbocycles. The van der Waals surface area contributed by atoms with Gasteiger partial charge in [-0.15, -0.1) is 0 Å². The lowest BCUT2D eigenvalue weighted by atomic mass is 10.2. The summed E-state index contributed by atoms with van der Waals surface area (Å²) in [6, 6.07) is -0.749. The average molecular weight is 206 g/mol. The van der Waals surface area contributed by atoms with Crippen LogP contribution < -0.4 is 16.4 Å². The van der Waals surface area contributed by atoms with Gasteiger partial charge in [0.1, 0.15) is 0 Å². The van der Waals surface area contributed by atoms with Crippen molar-refractivity contribution in [3.63, 3.8) is 0 Å². The summed E-state index contributed by atoms with van der Waals surface area (Å²) >= 11 is 0. The van der Waals surface area contributed by atoms with Crippen LogP contribution in [0.4, 0.5) is 0 Å². The Bertz CT molecular complexity index is 196. The molecule has 2 atom stereocenters. The molecule has 0 spiro atoms. The van der Waals surface area contributed by atoms with Crippen LogP contribution in [0.25, 0.3) is 0 Å². The van der Waals surface area contributed by atoms with Crippen molar-refractivity contribution in [3.8, 4) is 0 Å². The van der Waals surface area contributed by atoms with E-state index in [9.17, 15) is 9.69 Å². The zero-order valence-electron chi connectivity index (χ0n) is 7.60. The highest BCUT2D eigenvalue weighted by Crippen LogP contribution is 2.09. The summed E-state index contributed by atoms with van der Waals surface area (Å²) in [6.45, 7) is 2.34. The van der Waals surface area contributed by atoms with Crippen LogP contribution in [0.15, 0.2) is 0 Å². The molecule has 0 aliphatic heterocycles. The van der Waals surface area contributed by atoms with Gasteiger partial charge in [0.15, 0.2) is 0 Å². The summed E-state index contributed by atoms with van der Waals surface area (Å²) < 4.78 is 4.92. The number of nitrogens with two attached hydrogens (primary N) is 2. The van der Waals surface area contributed by atoms with Crippen LogP contribution in [-0.2, 0) is 9.53 Å². The fraction of sp³-hybridized carbons (Fsp3) is 0.714. The van der Waals surface area contributed by atoms with Crippen LogP contribution >= 0.6 is 7.77 Å². The van der Waals surface area contributed by atoms with Crippen LogP contribution in [0.2, 0.25) is 0 Å². The third-order valence-electron chi connectivity index (χ3n) is 1.35. The van der Waals surface area contributed by atoms with Crippen molar-refractivity contribution in [2.45, 2.75) is 19.4 Å². The molecular formula is C7H15N2O3P. The van der Waals surface area contributed by atoms with Crippen molar-refractivity contribution in [1.29, 1.82) is 0 Å². The van der Waals surface area contributed by atoms with Gasteiger partial charge in [-0.05, 0) is 6.92 Å². The van der Waals surface area contributed by atoms with Crippen LogP contribution in [0.5, 0.6) is 0 Å². The maximum absolute atomic E-state index is 11.1. The Labute approximate surface area is 78.5 Å². The summed E-state index contributed by atoms with van der Waals surface area (Å²) in [6.07, 6.45) is 0.412. The standard InChI is InChI=1S/C7H15N2O3P/c1-2-12-5-13(11)4-3-6(8)7(9)10/h4,6H,2-3,5,8H2,1H3,(H2,9,10). The van der Waals surface area contributed by atoms with Gasteiger partial charge in [0.2, 0.25) is 12.3 Å². The lowest BCUT2D eigenvalue weighted by Crippen LogP contribution is -2.36. The Morgan fingerprint density at radius 2 is 2.38 bits per heavy atom. The van der Waals surface area contributed by atoms with Gasteiger partial charge in [0.25, 0.3) is 0 Å². The lowest BCUT2D eigenvalue weighted by Gasteiger charge is -2.02. The molecule has 0 fully saturated rings. The second kappa shape index (κ2) is 6.97. The molecule has 0 aromatic rings. The molecule has 2 unspecified atom stereocenters. The molecule has 76 valence electrons. The first-order valence-electron chi connectivity index (χ1n) is 3.97. The molecule has 0 aromatic heterocycles. The Morgan fingerprint density at radius 3 is 2.85 bits per heavy atom. The van der Waals surface area contributed by atoms with E-state index in [1.165, 1.54) is 5.80 Å². The third kappa shape index (κ3) is 6.66. The van der Waals surface area contributed by atoms with Crippen LogP contribution in [0.1, 0.15) is 13.3 Å². The normalized spacial score (nSPS) is 14.2. The van der Waals surface area contributed by atoms with E-state index in [2.05, 4.69) is 0 Å². The average Bonchev–Trinajstić information content (AvgIpc) is 2.10. The van der Waals surface area contributed by atoms with E-state index in [1.807, 2.05) is 6.92 Å². The summed E-state index contributed by atoms with van der Waals surface area (Å²) in [7, 11) is -1.53. The highest BCUT2D eigenvalue weighted by Gasteiger charge is 2.08. The molecule has 0 rings (SSSR count). The number of amides is 1. The summed E-state index contributed by atoms with van der Waals surface area (Å²) in [5.74, 6) is 0.886. The minimum Gasteiger partial charge on any atom is -0.629 e. The largest absolute Gasteiger partial charge is 0.629 e. The molecule has 6 heteroatoms. The number of carbonyl (C=O) groups excluding carboxylic acids is 1. The van der Waals surface area contributed by atoms with Gasteiger partial charge in [-0.1, -0.05) is 0 Å². The maximum atomic E-state index is 11.1. The monoisotopic (exact) mass is 206 g/mol. The minimum absolute atomic E-state index is 0.178.